The van der Waals surface area contributed by atoms with Crippen LogP contribution in [-0.2, 0) is 4.79 Å². The molecular weight excluding hydrogens is 307 g/mol. The van der Waals surface area contributed by atoms with Gasteiger partial charge in [0.15, 0.2) is 0 Å². The number of carbonyl (C=O) groups is 2. The van der Waals surface area contributed by atoms with Gasteiger partial charge in [0.2, 0.25) is 5.91 Å². The lowest BCUT2D eigenvalue weighted by atomic mass is 10.1. The zero-order valence-corrected chi connectivity index (χ0v) is 13.7. The van der Waals surface area contributed by atoms with Gasteiger partial charge in [-0.25, -0.2) is 4.39 Å². The molecule has 1 heterocycles. The van der Waals surface area contributed by atoms with Gasteiger partial charge in [-0.15, -0.1) is 0 Å². The van der Waals surface area contributed by atoms with Crippen LogP contribution in [0.1, 0.15) is 22.8 Å². The molecule has 124 valence electrons. The summed E-state index contributed by atoms with van der Waals surface area (Å²) in [7, 11) is 0. The molecule has 2 aromatic carbocycles. The predicted molar refractivity (Wildman–Crippen MR) is 90.4 cm³/mol. The third-order valence-corrected chi connectivity index (χ3v) is 4.33. The summed E-state index contributed by atoms with van der Waals surface area (Å²) >= 11 is 0. The molecule has 0 bridgehead atoms. The Hall–Kier alpha value is -2.69. The molecule has 0 aromatic heterocycles. The van der Waals surface area contributed by atoms with E-state index in [4.69, 9.17) is 0 Å². The number of hydrogen-bond acceptors (Lipinski definition) is 2. The third-order valence-electron chi connectivity index (χ3n) is 4.33. The summed E-state index contributed by atoms with van der Waals surface area (Å²) in [6.45, 7) is 4.43. The minimum absolute atomic E-state index is 0.158. The lowest BCUT2D eigenvalue weighted by Gasteiger charge is -2.39. The molecule has 1 saturated heterocycles. The summed E-state index contributed by atoms with van der Waals surface area (Å²) in [6, 6.07) is 12.7. The number of benzene rings is 2. The quantitative estimate of drug-likeness (QED) is 0.851. The second-order valence-corrected chi connectivity index (χ2v) is 6.01. The molecule has 0 unspecified atom stereocenters. The first-order valence-corrected chi connectivity index (χ1v) is 7.92. The zero-order valence-electron chi connectivity index (χ0n) is 13.7. The molecule has 0 radical (unpaired) electrons. The Bertz CT molecular complexity index is 773. The van der Waals surface area contributed by atoms with Crippen LogP contribution in [0.15, 0.2) is 48.5 Å². The van der Waals surface area contributed by atoms with E-state index in [0.717, 1.165) is 5.56 Å². The van der Waals surface area contributed by atoms with Gasteiger partial charge >= 0.3 is 0 Å². The standard InChI is InChI=1S/C19H19FN2O2/c1-13-6-8-15(9-7-13)19(24)21-10-11-22(18(23)14(21)2)17-5-3-4-16(20)12-17/h3-9,12,14H,10-11H2,1-2H3/t14-/m0/s1. The Morgan fingerprint density at radius 1 is 1.12 bits per heavy atom. The van der Waals surface area contributed by atoms with E-state index in [1.54, 1.807) is 36.1 Å². The second kappa shape index (κ2) is 6.43. The summed E-state index contributed by atoms with van der Waals surface area (Å²) in [6.07, 6.45) is 0. The summed E-state index contributed by atoms with van der Waals surface area (Å²) < 4.78 is 13.4. The highest BCUT2D eigenvalue weighted by molar-refractivity contribution is 6.03. The van der Waals surface area contributed by atoms with Crippen molar-refractivity contribution in [2.24, 2.45) is 0 Å². The highest BCUT2D eigenvalue weighted by atomic mass is 19.1. The first-order chi connectivity index (χ1) is 11.5. The molecular formula is C19H19FN2O2. The fourth-order valence-corrected chi connectivity index (χ4v) is 2.91. The van der Waals surface area contributed by atoms with E-state index < -0.39 is 6.04 Å². The van der Waals surface area contributed by atoms with Gasteiger partial charge in [-0.2, -0.15) is 0 Å². The van der Waals surface area contributed by atoms with Gasteiger partial charge in [0, 0.05) is 24.3 Å². The molecule has 2 amide bonds. The number of amides is 2. The van der Waals surface area contributed by atoms with Gasteiger partial charge in [0.25, 0.3) is 5.91 Å². The molecule has 3 rings (SSSR count). The molecule has 1 fully saturated rings. The van der Waals surface area contributed by atoms with Crippen LogP contribution < -0.4 is 4.90 Å². The van der Waals surface area contributed by atoms with E-state index in [9.17, 15) is 14.0 Å². The maximum absolute atomic E-state index is 13.4. The maximum Gasteiger partial charge on any atom is 0.254 e. The number of anilines is 1. The van der Waals surface area contributed by atoms with Crippen LogP contribution in [0.2, 0.25) is 0 Å². The number of hydrogen-bond donors (Lipinski definition) is 0. The smallest absolute Gasteiger partial charge is 0.254 e. The number of carbonyl (C=O) groups excluding carboxylic acids is 2. The van der Waals surface area contributed by atoms with Crippen LogP contribution in [0.5, 0.6) is 0 Å². The number of nitrogens with zero attached hydrogens (tertiary/aromatic N) is 2. The lowest BCUT2D eigenvalue weighted by Crippen LogP contribution is -2.57. The molecule has 1 aliphatic heterocycles. The Labute approximate surface area is 140 Å². The Morgan fingerprint density at radius 2 is 1.83 bits per heavy atom. The first kappa shape index (κ1) is 16.2. The number of rotatable bonds is 2. The van der Waals surface area contributed by atoms with Gasteiger partial charge < -0.3 is 9.80 Å². The fraction of sp³-hybridized carbons (Fsp3) is 0.263. The maximum atomic E-state index is 13.4. The van der Waals surface area contributed by atoms with Gasteiger partial charge in [0.05, 0.1) is 0 Å². The fourth-order valence-electron chi connectivity index (χ4n) is 2.91. The van der Waals surface area contributed by atoms with Crippen molar-refractivity contribution >= 4 is 17.5 Å². The van der Waals surface area contributed by atoms with Crippen LogP contribution in [0, 0.1) is 12.7 Å². The van der Waals surface area contributed by atoms with E-state index >= 15 is 0 Å². The van der Waals surface area contributed by atoms with E-state index in [-0.39, 0.29) is 17.6 Å². The highest BCUT2D eigenvalue weighted by Gasteiger charge is 2.35. The molecule has 5 heteroatoms. The van der Waals surface area contributed by atoms with Crippen molar-refractivity contribution in [1.29, 1.82) is 0 Å². The molecule has 0 N–H and O–H groups in total. The van der Waals surface area contributed by atoms with E-state index in [2.05, 4.69) is 0 Å². The minimum atomic E-state index is -0.587. The van der Waals surface area contributed by atoms with Crippen LogP contribution in [0.25, 0.3) is 0 Å². The number of aryl methyl sites for hydroxylation is 1. The Kier molecular flexibility index (Phi) is 4.34. The third kappa shape index (κ3) is 3.02. The molecule has 1 atom stereocenters. The zero-order chi connectivity index (χ0) is 17.3. The van der Waals surface area contributed by atoms with Gasteiger partial charge in [-0.05, 0) is 44.2 Å². The van der Waals surface area contributed by atoms with Crippen molar-refractivity contribution in [1.82, 2.24) is 4.90 Å². The van der Waals surface area contributed by atoms with Crippen molar-refractivity contribution in [2.45, 2.75) is 19.9 Å². The predicted octanol–water partition coefficient (Wildman–Crippen LogP) is 3.01. The second-order valence-electron chi connectivity index (χ2n) is 6.01. The summed E-state index contributed by atoms with van der Waals surface area (Å²) in [5.41, 5.74) is 2.17. The number of halogens is 1. The molecule has 4 nitrogen and oxygen atoms in total. The highest BCUT2D eigenvalue weighted by Crippen LogP contribution is 2.22. The van der Waals surface area contributed by atoms with E-state index in [1.165, 1.54) is 17.0 Å². The van der Waals surface area contributed by atoms with Crippen LogP contribution >= 0.6 is 0 Å². The topological polar surface area (TPSA) is 40.6 Å². The normalized spacial score (nSPS) is 18.0. The van der Waals surface area contributed by atoms with Gasteiger partial charge in [-0.3, -0.25) is 9.59 Å². The summed E-state index contributed by atoms with van der Waals surface area (Å²) in [4.78, 5) is 28.4. The van der Waals surface area contributed by atoms with Crippen molar-refractivity contribution in [3.8, 4) is 0 Å². The van der Waals surface area contributed by atoms with Crippen LogP contribution in [-0.4, -0.2) is 35.8 Å². The lowest BCUT2D eigenvalue weighted by molar-refractivity contribution is -0.124. The minimum Gasteiger partial charge on any atom is -0.325 e. The summed E-state index contributed by atoms with van der Waals surface area (Å²) in [5.74, 6) is -0.742. The average molecular weight is 326 g/mol. The Morgan fingerprint density at radius 3 is 2.50 bits per heavy atom. The van der Waals surface area contributed by atoms with Crippen molar-refractivity contribution in [3.63, 3.8) is 0 Å². The average Bonchev–Trinajstić information content (AvgIpc) is 2.57. The Balaban J connectivity index is 1.79. The molecule has 2 aromatic rings. The van der Waals surface area contributed by atoms with Crippen molar-refractivity contribution in [3.05, 3.63) is 65.5 Å². The molecule has 0 saturated carbocycles. The van der Waals surface area contributed by atoms with Crippen molar-refractivity contribution < 1.29 is 14.0 Å². The van der Waals surface area contributed by atoms with E-state index in [0.29, 0.717) is 24.3 Å². The first-order valence-electron chi connectivity index (χ1n) is 7.92. The monoisotopic (exact) mass is 326 g/mol. The van der Waals surface area contributed by atoms with Crippen LogP contribution in [0.4, 0.5) is 10.1 Å². The van der Waals surface area contributed by atoms with Crippen LogP contribution in [0.3, 0.4) is 0 Å². The molecule has 24 heavy (non-hydrogen) atoms. The molecule has 0 aliphatic carbocycles. The van der Waals surface area contributed by atoms with Gasteiger partial charge in [-0.1, -0.05) is 23.8 Å². The SMILES string of the molecule is Cc1ccc(C(=O)N2CCN(c3cccc(F)c3)C(=O)[C@@H]2C)cc1. The van der Waals surface area contributed by atoms with Crippen molar-refractivity contribution in [2.75, 3.05) is 18.0 Å². The summed E-state index contributed by atoms with van der Waals surface area (Å²) in [5, 5.41) is 0. The van der Waals surface area contributed by atoms with Gasteiger partial charge in [0.1, 0.15) is 11.9 Å². The van der Waals surface area contributed by atoms with E-state index in [1.807, 2.05) is 19.1 Å². The molecule has 1 aliphatic rings. The number of piperazine rings is 1. The largest absolute Gasteiger partial charge is 0.325 e. The molecule has 0 spiro atoms.